The summed E-state index contributed by atoms with van der Waals surface area (Å²) in [5, 5.41) is 8.48. The number of likely N-dealkylation sites (N-methyl/N-ethyl adjacent to an activating group) is 1. The van der Waals surface area contributed by atoms with Crippen LogP contribution in [0.1, 0.15) is 35.2 Å². The molecule has 3 atom stereocenters. The van der Waals surface area contributed by atoms with Crippen molar-refractivity contribution in [1.29, 1.82) is 0 Å². The van der Waals surface area contributed by atoms with Gasteiger partial charge in [-0.25, -0.2) is 4.79 Å². The maximum Gasteiger partial charge on any atom is 0.323 e. The number of anilines is 2. The van der Waals surface area contributed by atoms with Crippen molar-refractivity contribution in [2.24, 2.45) is 0 Å². The van der Waals surface area contributed by atoms with Gasteiger partial charge in [0.25, 0.3) is 5.91 Å². The lowest BCUT2D eigenvalue weighted by molar-refractivity contribution is -0.134. The zero-order valence-electron chi connectivity index (χ0n) is 23.1. The van der Waals surface area contributed by atoms with E-state index in [1.807, 2.05) is 42.5 Å². The third kappa shape index (κ3) is 6.78. The minimum atomic E-state index is -0.414. The predicted molar refractivity (Wildman–Crippen MR) is 154 cm³/mol. The minimum absolute atomic E-state index is 0.114. The van der Waals surface area contributed by atoms with E-state index in [4.69, 9.17) is 14.2 Å². The number of hydrogen-bond acceptors (Lipinski definition) is 6. The number of ether oxygens (including phenoxy) is 3. The van der Waals surface area contributed by atoms with Crippen molar-refractivity contribution in [3.8, 4) is 11.5 Å². The molecule has 0 radical (unpaired) electrons. The number of para-hydroxylation sites is 2. The van der Waals surface area contributed by atoms with Crippen LogP contribution in [0.25, 0.3) is 0 Å². The van der Waals surface area contributed by atoms with Crippen LogP contribution in [0.2, 0.25) is 0 Å². The number of rotatable bonds is 7. The van der Waals surface area contributed by atoms with E-state index in [0.29, 0.717) is 42.1 Å². The lowest BCUT2D eigenvalue weighted by atomic mass is 9.94. The fraction of sp³-hybridized carbons (Fsp3) is 0.323. The summed E-state index contributed by atoms with van der Waals surface area (Å²) in [5.74, 6) is 0.799. The molecular formula is C31H34N4O6. The predicted octanol–water partition coefficient (Wildman–Crippen LogP) is 4.43. The van der Waals surface area contributed by atoms with Crippen LogP contribution in [-0.4, -0.2) is 61.8 Å². The molecule has 1 saturated heterocycles. The molecule has 3 aromatic rings. The van der Waals surface area contributed by atoms with Gasteiger partial charge in [-0.05, 0) is 49.2 Å². The molecule has 0 aromatic heterocycles. The van der Waals surface area contributed by atoms with E-state index in [1.54, 1.807) is 49.4 Å². The second-order valence-corrected chi connectivity index (χ2v) is 10.1. The van der Waals surface area contributed by atoms with Crippen molar-refractivity contribution < 1.29 is 28.6 Å². The van der Waals surface area contributed by atoms with E-state index in [2.05, 4.69) is 16.0 Å². The standard InChI is InChI=1S/C31H34N4O6/c1-35-25-14-13-23(17-29(36)32-18-20-8-6-7-11-26(20)39-2)41-28(25)19-40-27-15-12-22(16-24(27)30(35)37)34-31(38)33-21-9-4-3-5-10-21/h3-12,15-16,23,25,28H,13-14,17-19H2,1-2H3,(H,32,36)(H2,33,34,38)/t23-,25+,28-/m1/s1. The first-order valence-corrected chi connectivity index (χ1v) is 13.6. The second kappa shape index (κ2) is 12.7. The zero-order valence-corrected chi connectivity index (χ0v) is 23.1. The van der Waals surface area contributed by atoms with Crippen molar-refractivity contribution in [1.82, 2.24) is 10.2 Å². The first kappa shape index (κ1) is 28.0. The van der Waals surface area contributed by atoms with E-state index in [9.17, 15) is 14.4 Å². The monoisotopic (exact) mass is 558 g/mol. The molecule has 2 aliphatic heterocycles. The van der Waals surface area contributed by atoms with Gasteiger partial charge in [0.2, 0.25) is 5.91 Å². The molecule has 2 aliphatic rings. The summed E-state index contributed by atoms with van der Waals surface area (Å²) in [6.07, 6.45) is 0.858. The van der Waals surface area contributed by atoms with Gasteiger partial charge in [-0.1, -0.05) is 36.4 Å². The molecule has 0 spiro atoms. The Hall–Kier alpha value is -4.57. The Kier molecular flexibility index (Phi) is 8.69. The summed E-state index contributed by atoms with van der Waals surface area (Å²) in [5.41, 5.74) is 2.39. The normalized spacial score (nSPS) is 19.9. The third-order valence-electron chi connectivity index (χ3n) is 7.38. The first-order valence-electron chi connectivity index (χ1n) is 13.6. The van der Waals surface area contributed by atoms with E-state index in [-0.39, 0.29) is 43.1 Å². The summed E-state index contributed by atoms with van der Waals surface area (Å²) < 4.78 is 17.7. The second-order valence-electron chi connectivity index (χ2n) is 10.1. The highest BCUT2D eigenvalue weighted by molar-refractivity contribution is 6.02. The number of nitrogens with one attached hydrogen (secondary N) is 3. The zero-order chi connectivity index (χ0) is 28.8. The Morgan fingerprint density at radius 2 is 1.73 bits per heavy atom. The van der Waals surface area contributed by atoms with E-state index >= 15 is 0 Å². The van der Waals surface area contributed by atoms with Crippen LogP contribution in [0, 0.1) is 0 Å². The number of amides is 4. The van der Waals surface area contributed by atoms with Gasteiger partial charge in [0.05, 0.1) is 31.2 Å². The van der Waals surface area contributed by atoms with Crippen molar-refractivity contribution in [3.05, 3.63) is 83.9 Å². The van der Waals surface area contributed by atoms with Gasteiger partial charge in [-0.3, -0.25) is 9.59 Å². The molecule has 5 rings (SSSR count). The van der Waals surface area contributed by atoms with Gasteiger partial charge >= 0.3 is 6.03 Å². The molecule has 3 N–H and O–H groups in total. The van der Waals surface area contributed by atoms with Crippen LogP contribution >= 0.6 is 0 Å². The Bertz CT molecular complexity index is 1400. The third-order valence-corrected chi connectivity index (χ3v) is 7.38. The lowest BCUT2D eigenvalue weighted by Crippen LogP contribution is -2.53. The van der Waals surface area contributed by atoms with Gasteiger partial charge in [0.15, 0.2) is 0 Å². The summed E-state index contributed by atoms with van der Waals surface area (Å²) in [7, 11) is 3.35. The number of hydrogen-bond donors (Lipinski definition) is 3. The number of methoxy groups -OCH3 is 1. The number of carbonyl (C=O) groups excluding carboxylic acids is 3. The number of nitrogens with zero attached hydrogens (tertiary/aromatic N) is 1. The minimum Gasteiger partial charge on any atom is -0.496 e. The Morgan fingerprint density at radius 1 is 0.976 bits per heavy atom. The van der Waals surface area contributed by atoms with Gasteiger partial charge in [0.1, 0.15) is 24.2 Å². The number of benzene rings is 3. The van der Waals surface area contributed by atoms with Crippen molar-refractivity contribution in [2.45, 2.75) is 44.1 Å². The number of urea groups is 1. The highest BCUT2D eigenvalue weighted by atomic mass is 16.5. The molecule has 214 valence electrons. The van der Waals surface area contributed by atoms with E-state index in [1.165, 1.54) is 0 Å². The van der Waals surface area contributed by atoms with E-state index in [0.717, 1.165) is 11.3 Å². The number of fused-ring (bicyclic) bond motifs is 2. The summed E-state index contributed by atoms with van der Waals surface area (Å²) in [6, 6.07) is 21.0. The molecule has 0 unspecified atom stereocenters. The molecule has 1 fully saturated rings. The molecular weight excluding hydrogens is 524 g/mol. The summed E-state index contributed by atoms with van der Waals surface area (Å²) in [4.78, 5) is 40.3. The van der Waals surface area contributed by atoms with Gasteiger partial charge in [0, 0.05) is 30.5 Å². The van der Waals surface area contributed by atoms with Gasteiger partial charge in [-0.15, -0.1) is 0 Å². The van der Waals surface area contributed by atoms with Crippen LogP contribution < -0.4 is 25.4 Å². The molecule has 41 heavy (non-hydrogen) atoms. The molecule has 2 heterocycles. The molecule has 0 aliphatic carbocycles. The lowest BCUT2D eigenvalue weighted by Gasteiger charge is -2.42. The Morgan fingerprint density at radius 3 is 2.54 bits per heavy atom. The first-order chi connectivity index (χ1) is 19.9. The van der Waals surface area contributed by atoms with Crippen molar-refractivity contribution in [3.63, 3.8) is 0 Å². The molecule has 0 saturated carbocycles. The Balaban J connectivity index is 1.19. The highest BCUT2D eigenvalue weighted by Crippen LogP contribution is 2.32. The van der Waals surface area contributed by atoms with Crippen molar-refractivity contribution >= 4 is 29.2 Å². The van der Waals surface area contributed by atoms with Crippen LogP contribution in [0.15, 0.2) is 72.8 Å². The Labute approximate surface area is 239 Å². The van der Waals surface area contributed by atoms with Gasteiger partial charge < -0.3 is 35.1 Å². The molecule has 10 heteroatoms. The van der Waals surface area contributed by atoms with E-state index < -0.39 is 6.03 Å². The topological polar surface area (TPSA) is 118 Å². The maximum atomic E-state index is 13.5. The van der Waals surface area contributed by atoms with Crippen LogP contribution in [-0.2, 0) is 16.1 Å². The number of carbonyl (C=O) groups is 3. The largest absolute Gasteiger partial charge is 0.496 e. The maximum absolute atomic E-state index is 13.5. The molecule has 4 amide bonds. The average Bonchev–Trinajstić information content (AvgIpc) is 2.98. The summed E-state index contributed by atoms with van der Waals surface area (Å²) >= 11 is 0. The quantitative estimate of drug-likeness (QED) is 0.395. The van der Waals surface area contributed by atoms with Crippen LogP contribution in [0.5, 0.6) is 11.5 Å². The molecule has 3 aromatic carbocycles. The fourth-order valence-corrected chi connectivity index (χ4v) is 5.24. The SMILES string of the molecule is COc1ccccc1CNC(=O)C[C@H]1CC[C@H]2[C@@H](COc3ccc(NC(=O)Nc4ccccc4)cc3C(=O)N2C)O1. The summed E-state index contributed by atoms with van der Waals surface area (Å²) in [6.45, 7) is 0.597. The smallest absolute Gasteiger partial charge is 0.323 e. The van der Waals surface area contributed by atoms with Gasteiger partial charge in [-0.2, -0.15) is 0 Å². The molecule has 0 bridgehead atoms. The van der Waals surface area contributed by atoms with Crippen LogP contribution in [0.3, 0.4) is 0 Å². The highest BCUT2D eigenvalue weighted by Gasteiger charge is 2.39. The molecule has 10 nitrogen and oxygen atoms in total. The average molecular weight is 559 g/mol. The van der Waals surface area contributed by atoms with Crippen molar-refractivity contribution in [2.75, 3.05) is 31.4 Å². The fourth-order valence-electron chi connectivity index (χ4n) is 5.24. The van der Waals surface area contributed by atoms with Crippen LogP contribution in [0.4, 0.5) is 16.2 Å².